The highest BCUT2D eigenvalue weighted by atomic mass is 35.5. The van der Waals surface area contributed by atoms with Gasteiger partial charge in [0.1, 0.15) is 0 Å². The van der Waals surface area contributed by atoms with Gasteiger partial charge in [0.15, 0.2) is 0 Å². The van der Waals surface area contributed by atoms with Crippen LogP contribution < -0.4 is 16.0 Å². The predicted octanol–water partition coefficient (Wildman–Crippen LogP) is 2.25. The molecule has 0 bridgehead atoms. The van der Waals surface area contributed by atoms with Gasteiger partial charge in [0.2, 0.25) is 5.91 Å². The van der Waals surface area contributed by atoms with Crippen LogP contribution in [0.4, 0.5) is 11.4 Å². The first-order valence-corrected chi connectivity index (χ1v) is 6.57. The number of amides is 1. The van der Waals surface area contributed by atoms with Crippen LogP contribution in [0.15, 0.2) is 30.4 Å². The predicted molar refractivity (Wildman–Crippen MR) is 79.6 cm³/mol. The zero-order valence-electron chi connectivity index (χ0n) is 11.1. The van der Waals surface area contributed by atoms with Crippen LogP contribution in [-0.2, 0) is 4.79 Å². The Balaban J connectivity index is 2.05. The summed E-state index contributed by atoms with van der Waals surface area (Å²) in [7, 11) is 3.84. The molecule has 3 N–H and O–H groups in total. The fourth-order valence-electron chi connectivity index (χ4n) is 2.10. The van der Waals surface area contributed by atoms with E-state index >= 15 is 0 Å². The average molecular weight is 280 g/mol. The second kappa shape index (κ2) is 5.63. The zero-order chi connectivity index (χ0) is 14.0. The number of carbonyl (C=O) groups excluding carboxylic acids is 1. The highest BCUT2D eigenvalue weighted by Crippen LogP contribution is 2.28. The lowest BCUT2D eigenvalue weighted by molar-refractivity contribution is -0.118. The molecular formula is C14H18ClN3O. The first-order chi connectivity index (χ1) is 8.97. The lowest BCUT2D eigenvalue weighted by Gasteiger charge is -2.16. The van der Waals surface area contributed by atoms with Gasteiger partial charge in [-0.05, 0) is 24.6 Å². The summed E-state index contributed by atoms with van der Waals surface area (Å²) >= 11 is 6.16. The highest BCUT2D eigenvalue weighted by Gasteiger charge is 2.22. The van der Waals surface area contributed by atoms with Crippen molar-refractivity contribution in [3.8, 4) is 0 Å². The molecule has 19 heavy (non-hydrogen) atoms. The third-order valence-electron chi connectivity index (χ3n) is 3.15. The zero-order valence-corrected chi connectivity index (χ0v) is 11.8. The molecule has 5 heteroatoms. The summed E-state index contributed by atoms with van der Waals surface area (Å²) in [5.74, 6) is -0.194. The van der Waals surface area contributed by atoms with E-state index in [0.717, 1.165) is 5.69 Å². The normalized spacial score (nSPS) is 21.5. The summed E-state index contributed by atoms with van der Waals surface area (Å²) in [5, 5.41) is 3.48. The van der Waals surface area contributed by atoms with E-state index in [0.29, 0.717) is 17.1 Å². The van der Waals surface area contributed by atoms with Crippen molar-refractivity contribution < 1.29 is 4.79 Å². The van der Waals surface area contributed by atoms with Crippen molar-refractivity contribution >= 4 is 28.9 Å². The Kier molecular flexibility index (Phi) is 4.12. The molecular weight excluding hydrogens is 262 g/mol. The maximum absolute atomic E-state index is 12.0. The van der Waals surface area contributed by atoms with Gasteiger partial charge in [-0.15, -0.1) is 0 Å². The van der Waals surface area contributed by atoms with Crippen molar-refractivity contribution in [1.82, 2.24) is 0 Å². The minimum absolute atomic E-state index is 0.0181. The maximum atomic E-state index is 12.0. The highest BCUT2D eigenvalue weighted by molar-refractivity contribution is 6.33. The van der Waals surface area contributed by atoms with E-state index in [1.165, 1.54) is 0 Å². The van der Waals surface area contributed by atoms with E-state index in [-0.39, 0.29) is 17.9 Å². The monoisotopic (exact) mass is 279 g/mol. The Morgan fingerprint density at radius 1 is 1.42 bits per heavy atom. The molecule has 2 atom stereocenters. The van der Waals surface area contributed by atoms with E-state index < -0.39 is 0 Å². The average Bonchev–Trinajstić information content (AvgIpc) is 2.75. The summed E-state index contributed by atoms with van der Waals surface area (Å²) < 4.78 is 0. The van der Waals surface area contributed by atoms with Crippen molar-refractivity contribution in [3.63, 3.8) is 0 Å². The Hall–Kier alpha value is -1.52. The topological polar surface area (TPSA) is 58.4 Å². The standard InChI is InChI=1S/C14H18ClN3O/c1-18(2)13-6-5-11(8-12(13)15)17-14(19)9-3-4-10(16)7-9/h3-6,8-10H,7,16H2,1-2H3,(H,17,19). The number of anilines is 2. The summed E-state index contributed by atoms with van der Waals surface area (Å²) in [6.07, 6.45) is 4.39. The Morgan fingerprint density at radius 2 is 2.16 bits per heavy atom. The molecule has 1 aromatic rings. The van der Waals surface area contributed by atoms with Gasteiger partial charge in [-0.25, -0.2) is 0 Å². The van der Waals surface area contributed by atoms with Crippen LogP contribution in [0.5, 0.6) is 0 Å². The van der Waals surface area contributed by atoms with Crippen LogP contribution in [0.1, 0.15) is 6.42 Å². The summed E-state index contributed by atoms with van der Waals surface area (Å²) in [6.45, 7) is 0. The molecule has 1 aliphatic carbocycles. The van der Waals surface area contributed by atoms with Gasteiger partial charge in [0, 0.05) is 25.8 Å². The van der Waals surface area contributed by atoms with Crippen molar-refractivity contribution in [3.05, 3.63) is 35.4 Å². The van der Waals surface area contributed by atoms with Crippen molar-refractivity contribution in [2.45, 2.75) is 12.5 Å². The van der Waals surface area contributed by atoms with E-state index in [1.54, 1.807) is 6.07 Å². The van der Waals surface area contributed by atoms with Crippen LogP contribution >= 0.6 is 11.6 Å². The number of carbonyl (C=O) groups is 1. The van der Waals surface area contributed by atoms with Crippen LogP contribution in [0.25, 0.3) is 0 Å². The van der Waals surface area contributed by atoms with Crippen LogP contribution in [0.3, 0.4) is 0 Å². The number of halogens is 1. The lowest BCUT2D eigenvalue weighted by atomic mass is 10.1. The quantitative estimate of drug-likeness (QED) is 0.835. The van der Waals surface area contributed by atoms with Crippen molar-refractivity contribution in [1.29, 1.82) is 0 Å². The van der Waals surface area contributed by atoms with E-state index in [9.17, 15) is 4.79 Å². The van der Waals surface area contributed by atoms with Gasteiger partial charge in [0.05, 0.1) is 16.6 Å². The van der Waals surface area contributed by atoms with Gasteiger partial charge in [-0.2, -0.15) is 0 Å². The number of benzene rings is 1. The molecule has 1 aliphatic rings. The second-order valence-corrected chi connectivity index (χ2v) is 5.35. The van der Waals surface area contributed by atoms with Gasteiger partial charge in [-0.3, -0.25) is 4.79 Å². The maximum Gasteiger partial charge on any atom is 0.231 e. The minimum Gasteiger partial charge on any atom is -0.376 e. The first-order valence-electron chi connectivity index (χ1n) is 6.19. The largest absolute Gasteiger partial charge is 0.376 e. The number of nitrogens with one attached hydrogen (secondary N) is 1. The molecule has 0 saturated heterocycles. The molecule has 0 aliphatic heterocycles. The van der Waals surface area contributed by atoms with Crippen LogP contribution in [0.2, 0.25) is 5.02 Å². The van der Waals surface area contributed by atoms with Crippen LogP contribution in [-0.4, -0.2) is 26.0 Å². The molecule has 102 valence electrons. The van der Waals surface area contributed by atoms with E-state index in [1.807, 2.05) is 43.3 Å². The molecule has 4 nitrogen and oxygen atoms in total. The number of hydrogen-bond acceptors (Lipinski definition) is 3. The number of rotatable bonds is 3. The van der Waals surface area contributed by atoms with Crippen molar-refractivity contribution in [2.24, 2.45) is 11.7 Å². The third-order valence-corrected chi connectivity index (χ3v) is 3.45. The SMILES string of the molecule is CN(C)c1ccc(NC(=O)C2C=CC(N)C2)cc1Cl. The summed E-state index contributed by atoms with van der Waals surface area (Å²) in [6, 6.07) is 5.47. The van der Waals surface area contributed by atoms with E-state index in [4.69, 9.17) is 17.3 Å². The van der Waals surface area contributed by atoms with Gasteiger partial charge >= 0.3 is 0 Å². The molecule has 2 unspecified atom stereocenters. The molecule has 0 aromatic heterocycles. The fraction of sp³-hybridized carbons (Fsp3) is 0.357. The Labute approximate surface area is 118 Å². The van der Waals surface area contributed by atoms with Gasteiger partial charge in [-0.1, -0.05) is 23.8 Å². The van der Waals surface area contributed by atoms with Gasteiger partial charge < -0.3 is 16.0 Å². The molecule has 1 aromatic carbocycles. The number of hydrogen-bond donors (Lipinski definition) is 2. The molecule has 0 saturated carbocycles. The van der Waals surface area contributed by atoms with Crippen molar-refractivity contribution in [2.75, 3.05) is 24.3 Å². The van der Waals surface area contributed by atoms with Gasteiger partial charge in [0.25, 0.3) is 0 Å². The minimum atomic E-state index is -0.151. The smallest absolute Gasteiger partial charge is 0.231 e. The summed E-state index contributed by atoms with van der Waals surface area (Å²) in [5.41, 5.74) is 7.36. The lowest BCUT2D eigenvalue weighted by Crippen LogP contribution is -2.24. The fourth-order valence-corrected chi connectivity index (χ4v) is 2.45. The molecule has 1 amide bonds. The molecule has 2 rings (SSSR count). The summed E-state index contributed by atoms with van der Waals surface area (Å²) in [4.78, 5) is 13.9. The third kappa shape index (κ3) is 3.28. The Morgan fingerprint density at radius 3 is 2.68 bits per heavy atom. The van der Waals surface area contributed by atoms with Crippen LogP contribution in [0, 0.1) is 5.92 Å². The van der Waals surface area contributed by atoms with E-state index in [2.05, 4.69) is 5.32 Å². The first kappa shape index (κ1) is 13.9. The Bertz CT molecular complexity index is 513. The number of nitrogens with two attached hydrogens (primary N) is 1. The molecule has 0 fully saturated rings. The molecule has 0 heterocycles. The molecule has 0 spiro atoms. The molecule has 0 radical (unpaired) electrons. The second-order valence-electron chi connectivity index (χ2n) is 4.94. The number of nitrogens with zero attached hydrogens (tertiary/aromatic N) is 1.